The number of thiazole rings is 1. The van der Waals surface area contributed by atoms with Crippen molar-refractivity contribution in [2.24, 2.45) is 5.92 Å². The minimum Gasteiger partial charge on any atom is -0.306 e. The summed E-state index contributed by atoms with van der Waals surface area (Å²) in [6.07, 6.45) is 3.24. The Balaban J connectivity index is 1.55. The van der Waals surface area contributed by atoms with Crippen LogP contribution in [0.4, 0.5) is 10.8 Å². The van der Waals surface area contributed by atoms with Gasteiger partial charge in [0.05, 0.1) is 17.1 Å². The van der Waals surface area contributed by atoms with E-state index in [9.17, 15) is 13.2 Å². The van der Waals surface area contributed by atoms with E-state index in [1.165, 1.54) is 18.3 Å². The summed E-state index contributed by atoms with van der Waals surface area (Å²) in [5, 5.41) is 3.19. The van der Waals surface area contributed by atoms with Crippen LogP contribution in [0.15, 0.2) is 24.4 Å². The lowest BCUT2D eigenvalue weighted by molar-refractivity contribution is -0.114. The maximum absolute atomic E-state index is 12.7. The van der Waals surface area contributed by atoms with Gasteiger partial charge in [-0.1, -0.05) is 22.9 Å². The minimum atomic E-state index is -3.58. The molecule has 2 N–H and O–H groups in total. The normalized spacial score (nSPS) is 15.7. The number of anilines is 2. The number of fused-ring (bicyclic) bond motifs is 1. The quantitative estimate of drug-likeness (QED) is 0.504. The first-order chi connectivity index (χ1) is 15.2. The van der Waals surface area contributed by atoms with Gasteiger partial charge in [-0.2, -0.15) is 0 Å². The lowest BCUT2D eigenvalue weighted by Crippen LogP contribution is -2.34. The van der Waals surface area contributed by atoms with Crippen LogP contribution in [0, 0.1) is 5.92 Å². The van der Waals surface area contributed by atoms with Crippen LogP contribution in [0.5, 0.6) is 0 Å². The summed E-state index contributed by atoms with van der Waals surface area (Å²) in [6, 6.07) is 5.19. The SMILES string of the molecule is CC(=O)Nc1nc2ccc(-c3cnc(Cl)c(NS(=O)(=O)CC4CCN(C)CC4)c3)nc2s1. The third kappa shape index (κ3) is 5.52. The summed E-state index contributed by atoms with van der Waals surface area (Å²) in [7, 11) is -1.54. The number of nitrogens with zero attached hydrogens (tertiary/aromatic N) is 4. The molecule has 12 heteroatoms. The number of piperidine rings is 1. The van der Waals surface area contributed by atoms with Gasteiger partial charge in [0, 0.05) is 18.7 Å². The first-order valence-electron chi connectivity index (χ1n) is 10.1. The number of rotatable bonds is 6. The van der Waals surface area contributed by atoms with E-state index in [-0.39, 0.29) is 28.4 Å². The van der Waals surface area contributed by atoms with E-state index < -0.39 is 10.0 Å². The van der Waals surface area contributed by atoms with Gasteiger partial charge in [0.15, 0.2) is 10.3 Å². The summed E-state index contributed by atoms with van der Waals surface area (Å²) in [5.74, 6) is -0.0338. The van der Waals surface area contributed by atoms with Crippen LogP contribution in [0.3, 0.4) is 0 Å². The average molecular weight is 495 g/mol. The van der Waals surface area contributed by atoms with Gasteiger partial charge in [-0.3, -0.25) is 9.52 Å². The van der Waals surface area contributed by atoms with Crippen molar-refractivity contribution in [1.82, 2.24) is 19.9 Å². The number of carbonyl (C=O) groups excluding carboxylic acids is 1. The number of amides is 1. The zero-order chi connectivity index (χ0) is 22.9. The predicted octanol–water partition coefficient (Wildman–Crippen LogP) is 3.45. The van der Waals surface area contributed by atoms with Gasteiger partial charge >= 0.3 is 0 Å². The first-order valence-corrected chi connectivity index (χ1v) is 12.9. The van der Waals surface area contributed by atoms with Crippen molar-refractivity contribution < 1.29 is 13.2 Å². The van der Waals surface area contributed by atoms with Crippen LogP contribution in [-0.2, 0) is 14.8 Å². The van der Waals surface area contributed by atoms with E-state index in [4.69, 9.17) is 11.6 Å². The van der Waals surface area contributed by atoms with E-state index in [0.717, 1.165) is 25.9 Å². The molecular formula is C20H23ClN6O3S2. The second-order valence-electron chi connectivity index (χ2n) is 7.91. The van der Waals surface area contributed by atoms with Gasteiger partial charge < -0.3 is 10.2 Å². The molecule has 3 aromatic rings. The maximum Gasteiger partial charge on any atom is 0.233 e. The Labute approximate surface area is 195 Å². The molecule has 9 nitrogen and oxygen atoms in total. The van der Waals surface area contributed by atoms with Gasteiger partial charge in [-0.15, -0.1) is 0 Å². The molecule has 0 unspecified atom stereocenters. The van der Waals surface area contributed by atoms with Crippen molar-refractivity contribution in [3.05, 3.63) is 29.5 Å². The van der Waals surface area contributed by atoms with Crippen molar-refractivity contribution in [2.75, 3.05) is 35.9 Å². The number of likely N-dealkylation sites (tertiary alicyclic amines) is 1. The summed E-state index contributed by atoms with van der Waals surface area (Å²) >= 11 is 7.44. The number of aromatic nitrogens is 3. The number of halogens is 1. The monoisotopic (exact) mass is 494 g/mol. The summed E-state index contributed by atoms with van der Waals surface area (Å²) in [6.45, 7) is 3.21. The van der Waals surface area contributed by atoms with Crippen molar-refractivity contribution in [1.29, 1.82) is 0 Å². The molecule has 4 rings (SSSR count). The topological polar surface area (TPSA) is 117 Å². The summed E-state index contributed by atoms with van der Waals surface area (Å²) in [4.78, 5) is 27.1. The number of pyridine rings is 2. The average Bonchev–Trinajstić information content (AvgIpc) is 3.11. The fraction of sp³-hybridized carbons (Fsp3) is 0.400. The zero-order valence-electron chi connectivity index (χ0n) is 17.6. The Hall–Kier alpha value is -2.34. The molecule has 32 heavy (non-hydrogen) atoms. The Bertz CT molecular complexity index is 1260. The van der Waals surface area contributed by atoms with E-state index in [1.54, 1.807) is 24.4 Å². The lowest BCUT2D eigenvalue weighted by atomic mass is 10.00. The molecule has 0 saturated carbocycles. The lowest BCUT2D eigenvalue weighted by Gasteiger charge is -2.28. The van der Waals surface area contributed by atoms with Crippen LogP contribution in [0.1, 0.15) is 19.8 Å². The molecule has 0 radical (unpaired) electrons. The molecule has 3 aromatic heterocycles. The van der Waals surface area contributed by atoms with Gasteiger partial charge in [-0.25, -0.2) is 23.4 Å². The Morgan fingerprint density at radius 2 is 2.03 bits per heavy atom. The minimum absolute atomic E-state index is 0.0540. The van der Waals surface area contributed by atoms with E-state index >= 15 is 0 Å². The van der Waals surface area contributed by atoms with Crippen molar-refractivity contribution in [3.63, 3.8) is 0 Å². The summed E-state index contributed by atoms with van der Waals surface area (Å²) < 4.78 is 28.1. The Morgan fingerprint density at radius 3 is 2.75 bits per heavy atom. The molecule has 0 aromatic carbocycles. The number of hydrogen-bond acceptors (Lipinski definition) is 8. The number of hydrogen-bond donors (Lipinski definition) is 2. The van der Waals surface area contributed by atoms with E-state index in [1.807, 2.05) is 7.05 Å². The molecule has 1 aliphatic rings. The van der Waals surface area contributed by atoms with Gasteiger partial charge in [0.2, 0.25) is 15.9 Å². The molecule has 0 aliphatic carbocycles. The highest BCUT2D eigenvalue weighted by molar-refractivity contribution is 7.92. The molecular weight excluding hydrogens is 472 g/mol. The third-order valence-electron chi connectivity index (χ3n) is 5.23. The maximum atomic E-state index is 12.7. The first kappa shape index (κ1) is 22.8. The van der Waals surface area contributed by atoms with Crippen LogP contribution in [0.2, 0.25) is 5.15 Å². The second kappa shape index (κ2) is 9.26. The zero-order valence-corrected chi connectivity index (χ0v) is 20.0. The van der Waals surface area contributed by atoms with Gasteiger partial charge in [-0.05, 0) is 57.1 Å². The standard InChI is InChI=1S/C20H23ClN6O3S2/c1-12(28)23-20-25-16-4-3-15(24-19(16)31-20)14-9-17(18(21)22-10-14)26-32(29,30)11-13-5-7-27(2)8-6-13/h3-4,9-10,13,26H,5-8,11H2,1-2H3,(H,23,25,28). The van der Waals surface area contributed by atoms with Crippen molar-refractivity contribution >= 4 is 60.0 Å². The van der Waals surface area contributed by atoms with Crippen LogP contribution in [0.25, 0.3) is 21.6 Å². The Morgan fingerprint density at radius 1 is 1.28 bits per heavy atom. The molecule has 4 heterocycles. The molecule has 170 valence electrons. The van der Waals surface area contributed by atoms with E-state index in [0.29, 0.717) is 26.7 Å². The molecule has 1 amide bonds. The van der Waals surface area contributed by atoms with Crippen molar-refractivity contribution in [2.45, 2.75) is 19.8 Å². The number of carbonyl (C=O) groups is 1. The van der Waals surface area contributed by atoms with Crippen molar-refractivity contribution in [3.8, 4) is 11.3 Å². The largest absolute Gasteiger partial charge is 0.306 e. The van der Waals surface area contributed by atoms with Crippen LogP contribution in [-0.4, -0.2) is 60.1 Å². The molecule has 0 bridgehead atoms. The summed E-state index contributed by atoms with van der Waals surface area (Å²) in [5.41, 5.74) is 2.09. The highest BCUT2D eigenvalue weighted by Crippen LogP contribution is 2.30. The molecule has 1 aliphatic heterocycles. The van der Waals surface area contributed by atoms with Crippen LogP contribution < -0.4 is 10.0 Å². The Kier molecular flexibility index (Phi) is 6.61. The third-order valence-corrected chi connectivity index (χ3v) is 7.85. The fourth-order valence-corrected chi connectivity index (χ4v) is 6.21. The molecule has 1 fully saturated rings. The molecule has 0 atom stereocenters. The number of nitrogens with one attached hydrogen (secondary N) is 2. The predicted molar refractivity (Wildman–Crippen MR) is 128 cm³/mol. The number of sulfonamides is 1. The van der Waals surface area contributed by atoms with Gasteiger partial charge in [0.1, 0.15) is 10.3 Å². The fourth-order valence-electron chi connectivity index (χ4n) is 3.59. The highest BCUT2D eigenvalue weighted by Gasteiger charge is 2.24. The molecule has 0 spiro atoms. The van der Waals surface area contributed by atoms with E-state index in [2.05, 4.69) is 29.9 Å². The highest BCUT2D eigenvalue weighted by atomic mass is 35.5. The molecule has 1 saturated heterocycles. The van der Waals surface area contributed by atoms with Gasteiger partial charge in [0.25, 0.3) is 0 Å². The van der Waals surface area contributed by atoms with Crippen LogP contribution >= 0.6 is 22.9 Å². The second-order valence-corrected chi connectivity index (χ2v) is 11.0. The smallest absolute Gasteiger partial charge is 0.233 e.